The maximum Gasteiger partial charge on any atom is 0.408 e. The van der Waals surface area contributed by atoms with Crippen LogP contribution in [0, 0.1) is 0 Å². The minimum absolute atomic E-state index is 0.00624. The normalized spacial score (nSPS) is 13.5. The Bertz CT molecular complexity index is 1040. The lowest BCUT2D eigenvalue weighted by Gasteiger charge is -2.28. The number of rotatable bonds is 12. The third kappa shape index (κ3) is 11.1. The molecule has 0 heterocycles. The number of benzene rings is 2. The number of hydrogen-bond donors (Lipinski definition) is 3. The molecule has 3 amide bonds. The molecule has 0 aromatic heterocycles. The van der Waals surface area contributed by atoms with Crippen LogP contribution in [0.3, 0.4) is 0 Å². The molecule has 10 nitrogen and oxygen atoms in total. The van der Waals surface area contributed by atoms with E-state index in [1.54, 1.807) is 52.0 Å². The smallest absolute Gasteiger partial charge is 0.408 e. The fraction of sp³-hybridized carbons (Fsp3) is 0.407. The van der Waals surface area contributed by atoms with Crippen molar-refractivity contribution in [3.8, 4) is 0 Å². The molecule has 200 valence electrons. The molecule has 0 bridgehead atoms. The van der Waals surface area contributed by atoms with Crippen LogP contribution >= 0.6 is 0 Å². The predicted molar refractivity (Wildman–Crippen MR) is 136 cm³/mol. The van der Waals surface area contributed by atoms with Gasteiger partial charge in [-0.3, -0.25) is 14.4 Å². The Morgan fingerprint density at radius 2 is 1.41 bits per heavy atom. The number of primary amides is 1. The monoisotopic (exact) mass is 513 g/mol. The van der Waals surface area contributed by atoms with Crippen molar-refractivity contribution in [3.63, 3.8) is 0 Å². The summed E-state index contributed by atoms with van der Waals surface area (Å²) in [7, 11) is 0. The quantitative estimate of drug-likeness (QED) is 0.370. The first-order valence-corrected chi connectivity index (χ1v) is 11.9. The second-order valence-corrected chi connectivity index (χ2v) is 9.44. The van der Waals surface area contributed by atoms with Crippen LogP contribution in [0.4, 0.5) is 4.79 Å². The second-order valence-electron chi connectivity index (χ2n) is 9.44. The third-order valence-electron chi connectivity index (χ3n) is 5.05. The highest BCUT2D eigenvalue weighted by Crippen LogP contribution is 2.11. The van der Waals surface area contributed by atoms with Gasteiger partial charge in [-0.25, -0.2) is 4.79 Å². The van der Waals surface area contributed by atoms with Crippen molar-refractivity contribution in [1.29, 1.82) is 0 Å². The van der Waals surface area contributed by atoms with Crippen molar-refractivity contribution >= 4 is 23.9 Å². The molecule has 0 saturated heterocycles. The van der Waals surface area contributed by atoms with E-state index in [9.17, 15) is 19.2 Å². The molecule has 0 aliphatic carbocycles. The molecular weight excluding hydrogens is 478 g/mol. The molecule has 0 aliphatic rings. The van der Waals surface area contributed by atoms with Crippen molar-refractivity contribution < 1.29 is 33.4 Å². The maximum atomic E-state index is 13.2. The van der Waals surface area contributed by atoms with Crippen molar-refractivity contribution in [1.82, 2.24) is 10.6 Å². The van der Waals surface area contributed by atoms with Gasteiger partial charge in [0.05, 0.1) is 19.1 Å². The summed E-state index contributed by atoms with van der Waals surface area (Å²) in [5.74, 6) is -2.43. The predicted octanol–water partition coefficient (Wildman–Crippen LogP) is 2.59. The molecule has 2 aromatic rings. The lowest BCUT2D eigenvalue weighted by Crippen LogP contribution is -2.57. The summed E-state index contributed by atoms with van der Waals surface area (Å²) in [4.78, 5) is 49.9. The zero-order valence-electron chi connectivity index (χ0n) is 21.6. The number of ether oxygens (including phenoxy) is 3. The average Bonchev–Trinajstić information content (AvgIpc) is 2.84. The van der Waals surface area contributed by atoms with Gasteiger partial charge in [-0.1, -0.05) is 60.7 Å². The highest BCUT2D eigenvalue weighted by Gasteiger charge is 2.33. The van der Waals surface area contributed by atoms with Crippen LogP contribution in [0.1, 0.15) is 45.2 Å². The second kappa shape index (κ2) is 14.0. The van der Waals surface area contributed by atoms with Crippen LogP contribution < -0.4 is 16.4 Å². The minimum atomic E-state index is -1.36. The van der Waals surface area contributed by atoms with E-state index in [4.69, 9.17) is 19.9 Å². The molecule has 0 fully saturated rings. The Morgan fingerprint density at radius 1 is 0.865 bits per heavy atom. The minimum Gasteiger partial charge on any atom is -0.461 e. The number of amides is 3. The standard InChI is InChI=1S/C27H35N3O7/c1-18(35-16-19-11-7-5-8-12-19)23(30-26(34)37-27(2,3)4)25(33)29-21(24(28)32)15-22(31)36-17-20-13-9-6-10-14-20/h5-14,18,21,23H,15-17H2,1-4H3,(H2,28,32)(H,29,33)(H,30,34)/t18-,21-,23+/m1/s1. The van der Waals surface area contributed by atoms with E-state index in [1.807, 2.05) is 36.4 Å². The molecule has 2 aromatic carbocycles. The van der Waals surface area contributed by atoms with Gasteiger partial charge in [-0.05, 0) is 38.8 Å². The first kappa shape index (κ1) is 29.3. The maximum absolute atomic E-state index is 13.2. The van der Waals surface area contributed by atoms with Crippen molar-refractivity contribution in [2.45, 2.75) is 71.1 Å². The zero-order valence-corrected chi connectivity index (χ0v) is 21.6. The van der Waals surface area contributed by atoms with E-state index in [0.29, 0.717) is 0 Å². The van der Waals surface area contributed by atoms with E-state index >= 15 is 0 Å². The number of hydrogen-bond acceptors (Lipinski definition) is 7. The molecule has 10 heteroatoms. The summed E-state index contributed by atoms with van der Waals surface area (Å²) in [6, 6.07) is 15.7. The summed E-state index contributed by atoms with van der Waals surface area (Å²) in [6.07, 6.45) is -2.15. The number of nitrogens with one attached hydrogen (secondary N) is 2. The van der Waals surface area contributed by atoms with Gasteiger partial charge in [-0.2, -0.15) is 0 Å². The highest BCUT2D eigenvalue weighted by atomic mass is 16.6. The molecular formula is C27H35N3O7. The van der Waals surface area contributed by atoms with E-state index in [0.717, 1.165) is 11.1 Å². The Morgan fingerprint density at radius 3 is 1.92 bits per heavy atom. The Kier molecular flexibility index (Phi) is 11.1. The number of alkyl carbamates (subject to hydrolysis) is 1. The van der Waals surface area contributed by atoms with Gasteiger partial charge in [0.25, 0.3) is 0 Å². The van der Waals surface area contributed by atoms with Crippen molar-refractivity contribution in [2.24, 2.45) is 5.73 Å². The van der Waals surface area contributed by atoms with Crippen LogP contribution in [-0.2, 0) is 41.8 Å². The number of esters is 1. The third-order valence-corrected chi connectivity index (χ3v) is 5.05. The average molecular weight is 514 g/mol. The number of carbonyl (C=O) groups is 4. The molecule has 2 rings (SSSR count). The fourth-order valence-corrected chi connectivity index (χ4v) is 3.18. The Labute approximate surface area is 216 Å². The van der Waals surface area contributed by atoms with Gasteiger partial charge < -0.3 is 30.6 Å². The van der Waals surface area contributed by atoms with Crippen LogP contribution in [0.5, 0.6) is 0 Å². The molecule has 0 spiro atoms. The molecule has 4 N–H and O–H groups in total. The highest BCUT2D eigenvalue weighted by molar-refractivity contribution is 5.93. The first-order valence-electron chi connectivity index (χ1n) is 11.9. The molecule has 3 atom stereocenters. The fourth-order valence-electron chi connectivity index (χ4n) is 3.18. The van der Waals surface area contributed by atoms with Gasteiger partial charge >= 0.3 is 12.1 Å². The first-order chi connectivity index (χ1) is 17.4. The molecule has 37 heavy (non-hydrogen) atoms. The molecule has 0 radical (unpaired) electrons. The summed E-state index contributed by atoms with van der Waals surface area (Å²) in [5.41, 5.74) is 6.25. The van der Waals surface area contributed by atoms with Crippen LogP contribution in [-0.4, -0.2) is 47.7 Å². The van der Waals surface area contributed by atoms with Gasteiger partial charge in [0.2, 0.25) is 11.8 Å². The van der Waals surface area contributed by atoms with Crippen molar-refractivity contribution in [3.05, 3.63) is 71.8 Å². The van der Waals surface area contributed by atoms with Crippen LogP contribution in [0.2, 0.25) is 0 Å². The van der Waals surface area contributed by atoms with Crippen LogP contribution in [0.25, 0.3) is 0 Å². The summed E-state index contributed by atoms with van der Waals surface area (Å²) >= 11 is 0. The molecule has 0 aliphatic heterocycles. The van der Waals surface area contributed by atoms with Gasteiger partial charge in [-0.15, -0.1) is 0 Å². The van der Waals surface area contributed by atoms with Gasteiger partial charge in [0.15, 0.2) is 0 Å². The van der Waals surface area contributed by atoms with E-state index in [1.165, 1.54) is 0 Å². The van der Waals surface area contributed by atoms with Gasteiger partial charge in [0.1, 0.15) is 24.3 Å². The van der Waals surface area contributed by atoms with E-state index in [-0.39, 0.29) is 13.2 Å². The zero-order chi connectivity index (χ0) is 27.4. The summed E-state index contributed by atoms with van der Waals surface area (Å²) in [6.45, 7) is 6.82. The summed E-state index contributed by atoms with van der Waals surface area (Å²) in [5, 5.41) is 4.92. The number of nitrogens with two attached hydrogens (primary N) is 1. The van der Waals surface area contributed by atoms with E-state index < -0.39 is 54.1 Å². The van der Waals surface area contributed by atoms with E-state index in [2.05, 4.69) is 10.6 Å². The van der Waals surface area contributed by atoms with Crippen LogP contribution in [0.15, 0.2) is 60.7 Å². The van der Waals surface area contributed by atoms with Gasteiger partial charge in [0, 0.05) is 0 Å². The lowest BCUT2D eigenvalue weighted by molar-refractivity contribution is -0.147. The van der Waals surface area contributed by atoms with Crippen molar-refractivity contribution in [2.75, 3.05) is 0 Å². The lowest BCUT2D eigenvalue weighted by atomic mass is 10.1. The SMILES string of the molecule is C[C@@H](OCc1ccccc1)[C@H](NC(=O)OC(C)(C)C)C(=O)N[C@H](CC(=O)OCc1ccccc1)C(N)=O. The Balaban J connectivity index is 2.06. The number of carbonyl (C=O) groups excluding carboxylic acids is 4. The Hall–Kier alpha value is -3.92. The summed E-state index contributed by atoms with van der Waals surface area (Å²) < 4.78 is 16.3. The largest absolute Gasteiger partial charge is 0.461 e. The molecule has 0 unspecified atom stereocenters. The molecule has 0 saturated carbocycles. The topological polar surface area (TPSA) is 146 Å².